The van der Waals surface area contributed by atoms with Gasteiger partial charge in [-0.2, -0.15) is 0 Å². The zero-order chi connectivity index (χ0) is 15.4. The third-order valence-electron chi connectivity index (χ3n) is 3.25. The molecule has 0 atom stereocenters. The van der Waals surface area contributed by atoms with Crippen molar-refractivity contribution in [1.82, 2.24) is 4.98 Å². The lowest BCUT2D eigenvalue weighted by Crippen LogP contribution is -2.30. The van der Waals surface area contributed by atoms with Crippen molar-refractivity contribution in [3.05, 3.63) is 24.4 Å². The number of hydrogen-bond donors (Lipinski definition) is 1. The molecule has 1 aromatic carbocycles. The van der Waals surface area contributed by atoms with E-state index >= 15 is 0 Å². The topological polar surface area (TPSA) is 71.9 Å². The molecular formula is C15H18N2O4. The molecule has 0 amide bonds. The minimum Gasteiger partial charge on any atom is -0.493 e. The Bertz CT molecular complexity index is 657. The molecule has 2 rings (SSSR count). The Kier molecular flexibility index (Phi) is 4.47. The Morgan fingerprint density at radius 3 is 2.52 bits per heavy atom. The number of fused-ring (bicyclic) bond motifs is 1. The summed E-state index contributed by atoms with van der Waals surface area (Å²) in [7, 11) is 3.14. The van der Waals surface area contributed by atoms with E-state index in [4.69, 9.17) is 14.6 Å². The molecule has 2 aromatic rings. The van der Waals surface area contributed by atoms with E-state index in [0.29, 0.717) is 23.9 Å². The van der Waals surface area contributed by atoms with E-state index in [1.165, 1.54) is 0 Å². The summed E-state index contributed by atoms with van der Waals surface area (Å²) in [5.74, 6) is 0.948. The highest BCUT2D eigenvalue weighted by Crippen LogP contribution is 2.35. The van der Waals surface area contributed by atoms with E-state index in [0.717, 1.165) is 10.8 Å². The van der Waals surface area contributed by atoms with Crippen molar-refractivity contribution in [2.45, 2.75) is 6.92 Å². The van der Waals surface area contributed by atoms with Crippen molar-refractivity contribution in [3.63, 3.8) is 0 Å². The number of anilines is 1. The number of ether oxygens (including phenoxy) is 2. The van der Waals surface area contributed by atoms with E-state index in [1.807, 2.05) is 25.1 Å². The fourth-order valence-corrected chi connectivity index (χ4v) is 2.24. The fraction of sp³-hybridized carbons (Fsp3) is 0.333. The Morgan fingerprint density at radius 1 is 1.29 bits per heavy atom. The van der Waals surface area contributed by atoms with Gasteiger partial charge in [-0.25, -0.2) is 4.98 Å². The number of aliphatic carboxylic acids is 1. The van der Waals surface area contributed by atoms with Crippen molar-refractivity contribution in [2.75, 3.05) is 32.2 Å². The van der Waals surface area contributed by atoms with Gasteiger partial charge < -0.3 is 19.5 Å². The lowest BCUT2D eigenvalue weighted by Gasteiger charge is -2.21. The summed E-state index contributed by atoms with van der Waals surface area (Å²) in [6, 6.07) is 5.53. The highest BCUT2D eigenvalue weighted by atomic mass is 16.5. The maximum atomic E-state index is 11.0. The number of pyridine rings is 1. The van der Waals surface area contributed by atoms with Crippen LogP contribution in [0.25, 0.3) is 10.8 Å². The molecule has 6 nitrogen and oxygen atoms in total. The monoisotopic (exact) mass is 290 g/mol. The Labute approximate surface area is 122 Å². The second-order valence-electron chi connectivity index (χ2n) is 4.47. The van der Waals surface area contributed by atoms with Crippen molar-refractivity contribution in [1.29, 1.82) is 0 Å². The lowest BCUT2D eigenvalue weighted by atomic mass is 10.1. The summed E-state index contributed by atoms with van der Waals surface area (Å²) >= 11 is 0. The van der Waals surface area contributed by atoms with Crippen molar-refractivity contribution in [2.24, 2.45) is 0 Å². The molecule has 0 radical (unpaired) electrons. The van der Waals surface area contributed by atoms with Gasteiger partial charge in [-0.05, 0) is 30.5 Å². The van der Waals surface area contributed by atoms with Crippen LogP contribution in [0.2, 0.25) is 0 Å². The smallest absolute Gasteiger partial charge is 0.323 e. The fourth-order valence-electron chi connectivity index (χ4n) is 2.24. The van der Waals surface area contributed by atoms with E-state index in [2.05, 4.69) is 4.98 Å². The Hall–Kier alpha value is -2.50. The first-order valence-electron chi connectivity index (χ1n) is 6.58. The van der Waals surface area contributed by atoms with Crippen LogP contribution in [0.3, 0.4) is 0 Å². The number of benzene rings is 1. The van der Waals surface area contributed by atoms with Gasteiger partial charge in [-0.15, -0.1) is 0 Å². The third kappa shape index (κ3) is 2.99. The molecule has 0 saturated carbocycles. The largest absolute Gasteiger partial charge is 0.493 e. The molecule has 0 aliphatic rings. The van der Waals surface area contributed by atoms with Gasteiger partial charge >= 0.3 is 5.97 Å². The molecule has 6 heteroatoms. The second-order valence-corrected chi connectivity index (χ2v) is 4.47. The third-order valence-corrected chi connectivity index (χ3v) is 3.25. The molecule has 0 unspecified atom stereocenters. The predicted molar refractivity (Wildman–Crippen MR) is 80.4 cm³/mol. The van der Waals surface area contributed by atoms with Crippen LogP contribution in [-0.2, 0) is 4.79 Å². The minimum absolute atomic E-state index is 0.100. The first kappa shape index (κ1) is 14.9. The van der Waals surface area contributed by atoms with Gasteiger partial charge in [-0.3, -0.25) is 4.79 Å². The first-order valence-corrected chi connectivity index (χ1v) is 6.58. The van der Waals surface area contributed by atoms with Crippen LogP contribution in [0.5, 0.6) is 11.5 Å². The van der Waals surface area contributed by atoms with Crippen LogP contribution in [0.4, 0.5) is 5.82 Å². The molecule has 0 spiro atoms. The van der Waals surface area contributed by atoms with Crippen LogP contribution < -0.4 is 14.4 Å². The van der Waals surface area contributed by atoms with Crippen molar-refractivity contribution in [3.8, 4) is 11.5 Å². The van der Waals surface area contributed by atoms with Gasteiger partial charge in [0, 0.05) is 18.1 Å². The molecular weight excluding hydrogens is 272 g/mol. The van der Waals surface area contributed by atoms with Crippen LogP contribution in [0, 0.1) is 0 Å². The number of hydrogen-bond acceptors (Lipinski definition) is 5. The quantitative estimate of drug-likeness (QED) is 0.879. The molecule has 21 heavy (non-hydrogen) atoms. The van der Waals surface area contributed by atoms with Gasteiger partial charge in [-0.1, -0.05) is 0 Å². The van der Waals surface area contributed by atoms with Crippen LogP contribution in [-0.4, -0.2) is 43.4 Å². The Balaban J connectivity index is 2.61. The maximum Gasteiger partial charge on any atom is 0.323 e. The van der Waals surface area contributed by atoms with Gasteiger partial charge in [0.25, 0.3) is 0 Å². The van der Waals surface area contributed by atoms with E-state index in [9.17, 15) is 4.79 Å². The van der Waals surface area contributed by atoms with Crippen LogP contribution in [0.15, 0.2) is 24.4 Å². The maximum absolute atomic E-state index is 11.0. The lowest BCUT2D eigenvalue weighted by molar-refractivity contribution is -0.135. The summed E-state index contributed by atoms with van der Waals surface area (Å²) in [6.45, 7) is 2.34. The normalized spacial score (nSPS) is 10.4. The molecule has 0 fully saturated rings. The number of carbonyl (C=O) groups is 1. The molecule has 0 bridgehead atoms. The van der Waals surface area contributed by atoms with Crippen LogP contribution in [0.1, 0.15) is 6.92 Å². The van der Waals surface area contributed by atoms with Gasteiger partial charge in [0.15, 0.2) is 11.5 Å². The molecule has 0 saturated heterocycles. The summed E-state index contributed by atoms with van der Waals surface area (Å²) in [4.78, 5) is 17.0. The van der Waals surface area contributed by atoms with E-state index in [-0.39, 0.29) is 6.54 Å². The standard InChI is InChI=1S/C15H18N2O4/c1-4-17(9-14(18)19)15-11-8-13(21-3)12(20-2)7-10(11)5-6-16-15/h5-8H,4,9H2,1-3H3,(H,18,19). The highest BCUT2D eigenvalue weighted by Gasteiger charge is 2.15. The predicted octanol–water partition coefficient (Wildman–Crippen LogP) is 2.16. The van der Waals surface area contributed by atoms with Crippen molar-refractivity contribution >= 4 is 22.6 Å². The number of carboxylic acids is 1. The number of nitrogens with zero attached hydrogens (tertiary/aromatic N) is 2. The summed E-state index contributed by atoms with van der Waals surface area (Å²) in [6.07, 6.45) is 1.66. The van der Waals surface area contributed by atoms with E-state index < -0.39 is 5.97 Å². The first-order chi connectivity index (χ1) is 10.1. The summed E-state index contributed by atoms with van der Waals surface area (Å²) < 4.78 is 10.6. The summed E-state index contributed by atoms with van der Waals surface area (Å²) in [5.41, 5.74) is 0. The molecule has 1 heterocycles. The molecule has 112 valence electrons. The van der Waals surface area contributed by atoms with Gasteiger partial charge in [0.1, 0.15) is 12.4 Å². The zero-order valence-electron chi connectivity index (χ0n) is 12.3. The Morgan fingerprint density at radius 2 is 1.95 bits per heavy atom. The van der Waals surface area contributed by atoms with Gasteiger partial charge in [0.05, 0.1) is 14.2 Å². The zero-order valence-corrected chi connectivity index (χ0v) is 12.3. The highest BCUT2D eigenvalue weighted by molar-refractivity contribution is 5.95. The van der Waals surface area contributed by atoms with Crippen LogP contribution >= 0.6 is 0 Å². The number of methoxy groups -OCH3 is 2. The number of rotatable bonds is 6. The number of aromatic nitrogens is 1. The molecule has 0 aliphatic carbocycles. The SMILES string of the molecule is CCN(CC(=O)O)c1nccc2cc(OC)c(OC)cc12. The molecule has 0 aliphatic heterocycles. The molecule has 1 aromatic heterocycles. The summed E-state index contributed by atoms with van der Waals surface area (Å²) in [5, 5.41) is 10.8. The van der Waals surface area contributed by atoms with E-state index in [1.54, 1.807) is 25.3 Å². The minimum atomic E-state index is -0.892. The molecule has 1 N–H and O–H groups in total. The van der Waals surface area contributed by atoms with Crippen molar-refractivity contribution < 1.29 is 19.4 Å². The second kappa shape index (κ2) is 6.30. The number of carboxylic acid groups (broad SMARTS) is 1. The number of likely N-dealkylation sites (N-methyl/N-ethyl adjacent to an activating group) is 1. The van der Waals surface area contributed by atoms with Gasteiger partial charge in [0.2, 0.25) is 0 Å². The average molecular weight is 290 g/mol. The average Bonchev–Trinajstić information content (AvgIpc) is 2.50.